The van der Waals surface area contributed by atoms with Crippen LogP contribution >= 0.6 is 36.2 Å². The zero-order valence-corrected chi connectivity index (χ0v) is 17.8. The molecule has 0 radical (unpaired) electrons. The minimum atomic E-state index is 0. The number of benzene rings is 1. The highest BCUT2D eigenvalue weighted by molar-refractivity contribution is 7.09. The highest BCUT2D eigenvalue weighted by Crippen LogP contribution is 2.32. The van der Waals surface area contributed by atoms with Gasteiger partial charge >= 0.3 is 0 Å². The van der Waals surface area contributed by atoms with Crippen molar-refractivity contribution in [1.82, 2.24) is 14.8 Å². The standard InChI is InChI=1S/C19H27N3OS.2ClH/c1-15(2)16-3-5-17(6-4-16)19(18-13-20-14-24-18)22-9-7-21(8-10-22)11-12-23;;/h3-6,13-15,19,23H,7-12H2,1-2H3;2*1H. The Hall–Kier alpha value is -0.690. The number of β-amino-alcohol motifs (C(OH)–C–C–N with tert-alkyl or cyclic N) is 1. The largest absolute Gasteiger partial charge is 0.395 e. The molecule has 2 aromatic rings. The maximum atomic E-state index is 9.13. The van der Waals surface area contributed by atoms with Gasteiger partial charge < -0.3 is 5.11 Å². The van der Waals surface area contributed by atoms with Crippen LogP contribution in [0, 0.1) is 0 Å². The minimum Gasteiger partial charge on any atom is -0.395 e. The third kappa shape index (κ3) is 5.65. The van der Waals surface area contributed by atoms with Crippen LogP contribution in [0.3, 0.4) is 0 Å². The second kappa shape index (κ2) is 11.2. The molecule has 1 aromatic carbocycles. The first-order chi connectivity index (χ1) is 11.7. The Bertz CT molecular complexity index is 614. The molecule has 7 heteroatoms. The van der Waals surface area contributed by atoms with Gasteiger partial charge in [0.1, 0.15) is 0 Å². The molecule has 1 aromatic heterocycles. The molecule has 0 spiro atoms. The van der Waals surface area contributed by atoms with Crippen molar-refractivity contribution in [3.8, 4) is 0 Å². The lowest BCUT2D eigenvalue weighted by Gasteiger charge is -2.39. The third-order valence-electron chi connectivity index (χ3n) is 4.83. The molecule has 1 unspecified atom stereocenters. The van der Waals surface area contributed by atoms with E-state index in [4.69, 9.17) is 5.11 Å². The minimum absolute atomic E-state index is 0. The van der Waals surface area contributed by atoms with Gasteiger partial charge in [-0.2, -0.15) is 0 Å². The van der Waals surface area contributed by atoms with Gasteiger partial charge in [-0.25, -0.2) is 0 Å². The maximum Gasteiger partial charge on any atom is 0.0794 e. The molecule has 0 bridgehead atoms. The molecule has 146 valence electrons. The van der Waals surface area contributed by atoms with E-state index in [1.54, 1.807) is 11.3 Å². The summed E-state index contributed by atoms with van der Waals surface area (Å²) in [6, 6.07) is 9.36. The number of aliphatic hydroxyl groups is 1. The normalized spacial score (nSPS) is 16.8. The zero-order chi connectivity index (χ0) is 16.9. The van der Waals surface area contributed by atoms with Gasteiger partial charge in [0.15, 0.2) is 0 Å². The topological polar surface area (TPSA) is 39.6 Å². The van der Waals surface area contributed by atoms with Crippen LogP contribution in [-0.2, 0) is 0 Å². The molecule has 1 fully saturated rings. The average Bonchev–Trinajstić information content (AvgIpc) is 3.11. The lowest BCUT2D eigenvalue weighted by Crippen LogP contribution is -2.48. The monoisotopic (exact) mass is 417 g/mol. The van der Waals surface area contributed by atoms with Crippen LogP contribution in [-0.4, -0.2) is 59.2 Å². The fourth-order valence-electron chi connectivity index (χ4n) is 3.37. The highest BCUT2D eigenvalue weighted by atomic mass is 35.5. The first kappa shape index (κ1) is 23.3. The van der Waals surface area contributed by atoms with Gasteiger partial charge in [0.2, 0.25) is 0 Å². The SMILES string of the molecule is CC(C)c1ccc(C(c2cncs2)N2CCN(CCO)CC2)cc1.Cl.Cl. The molecule has 0 aliphatic carbocycles. The van der Waals surface area contributed by atoms with Crippen LogP contribution in [0.2, 0.25) is 0 Å². The van der Waals surface area contributed by atoms with Crippen molar-refractivity contribution >= 4 is 36.2 Å². The fourth-order valence-corrected chi connectivity index (χ4v) is 4.14. The van der Waals surface area contributed by atoms with E-state index in [0.717, 1.165) is 32.7 Å². The van der Waals surface area contributed by atoms with Gasteiger partial charge in [0, 0.05) is 43.8 Å². The van der Waals surface area contributed by atoms with Gasteiger partial charge in [-0.15, -0.1) is 36.2 Å². The molecule has 0 amide bonds. The van der Waals surface area contributed by atoms with Crippen molar-refractivity contribution in [1.29, 1.82) is 0 Å². The Kier molecular flexibility index (Phi) is 10.1. The van der Waals surface area contributed by atoms with Crippen LogP contribution in [0.5, 0.6) is 0 Å². The molecule has 3 rings (SSSR count). The second-order valence-corrected chi connectivity index (χ2v) is 7.65. The lowest BCUT2D eigenvalue weighted by atomic mass is 9.97. The van der Waals surface area contributed by atoms with E-state index >= 15 is 0 Å². The molecular formula is C19H29Cl2N3OS. The Labute approximate surface area is 173 Å². The molecule has 1 N–H and O–H groups in total. The number of nitrogens with zero attached hydrogens (tertiary/aromatic N) is 3. The fraction of sp³-hybridized carbons (Fsp3) is 0.526. The summed E-state index contributed by atoms with van der Waals surface area (Å²) < 4.78 is 0. The van der Waals surface area contributed by atoms with Gasteiger partial charge in [-0.05, 0) is 17.0 Å². The molecular weight excluding hydrogens is 389 g/mol. The van der Waals surface area contributed by atoms with Gasteiger partial charge in [-0.1, -0.05) is 38.1 Å². The Morgan fingerprint density at radius 1 is 1.04 bits per heavy atom. The van der Waals surface area contributed by atoms with E-state index in [2.05, 4.69) is 52.9 Å². The van der Waals surface area contributed by atoms with Crippen LogP contribution < -0.4 is 0 Å². The Morgan fingerprint density at radius 3 is 2.15 bits per heavy atom. The zero-order valence-electron chi connectivity index (χ0n) is 15.4. The van der Waals surface area contributed by atoms with Gasteiger partial charge in [0.25, 0.3) is 0 Å². The molecule has 4 nitrogen and oxygen atoms in total. The molecule has 1 aliphatic rings. The average molecular weight is 418 g/mol. The van der Waals surface area contributed by atoms with Crippen molar-refractivity contribution in [3.05, 3.63) is 52.0 Å². The highest BCUT2D eigenvalue weighted by Gasteiger charge is 2.27. The number of piperazine rings is 1. The van der Waals surface area contributed by atoms with E-state index in [-0.39, 0.29) is 37.5 Å². The van der Waals surface area contributed by atoms with Crippen LogP contribution in [0.15, 0.2) is 36.0 Å². The van der Waals surface area contributed by atoms with Crippen molar-refractivity contribution in [3.63, 3.8) is 0 Å². The summed E-state index contributed by atoms with van der Waals surface area (Å²) in [6.45, 7) is 9.56. The van der Waals surface area contributed by atoms with Crippen molar-refractivity contribution in [2.45, 2.75) is 25.8 Å². The molecule has 26 heavy (non-hydrogen) atoms. The quantitative estimate of drug-likeness (QED) is 0.775. The number of aromatic nitrogens is 1. The summed E-state index contributed by atoms with van der Waals surface area (Å²) in [5.74, 6) is 0.558. The molecule has 1 aliphatic heterocycles. The number of halogens is 2. The van der Waals surface area contributed by atoms with Gasteiger partial charge in [-0.3, -0.25) is 14.8 Å². The van der Waals surface area contributed by atoms with Crippen LogP contribution in [0.1, 0.15) is 41.8 Å². The summed E-state index contributed by atoms with van der Waals surface area (Å²) in [7, 11) is 0. The Balaban J connectivity index is 0.00000169. The third-order valence-corrected chi connectivity index (χ3v) is 5.66. The predicted octanol–water partition coefficient (Wildman–Crippen LogP) is 3.81. The van der Waals surface area contributed by atoms with E-state index in [9.17, 15) is 0 Å². The number of rotatable bonds is 6. The van der Waals surface area contributed by atoms with E-state index < -0.39 is 0 Å². The van der Waals surface area contributed by atoms with E-state index in [1.807, 2.05) is 11.7 Å². The van der Waals surface area contributed by atoms with Crippen molar-refractivity contribution in [2.75, 3.05) is 39.3 Å². The van der Waals surface area contributed by atoms with E-state index in [0.29, 0.717) is 5.92 Å². The first-order valence-electron chi connectivity index (χ1n) is 8.74. The molecule has 0 saturated carbocycles. The summed E-state index contributed by atoms with van der Waals surface area (Å²) in [5, 5.41) is 9.13. The van der Waals surface area contributed by atoms with Crippen molar-refractivity contribution < 1.29 is 5.11 Å². The maximum absolute atomic E-state index is 9.13. The lowest BCUT2D eigenvalue weighted by molar-refractivity contribution is 0.0953. The number of hydrogen-bond acceptors (Lipinski definition) is 5. The van der Waals surface area contributed by atoms with Crippen LogP contribution in [0.4, 0.5) is 0 Å². The number of aliphatic hydroxyl groups excluding tert-OH is 1. The van der Waals surface area contributed by atoms with Gasteiger partial charge in [0.05, 0.1) is 18.2 Å². The van der Waals surface area contributed by atoms with Crippen molar-refractivity contribution in [2.24, 2.45) is 0 Å². The molecule has 2 heterocycles. The summed E-state index contributed by atoms with van der Waals surface area (Å²) >= 11 is 1.73. The van der Waals surface area contributed by atoms with E-state index in [1.165, 1.54) is 16.0 Å². The Morgan fingerprint density at radius 2 is 1.65 bits per heavy atom. The second-order valence-electron chi connectivity index (χ2n) is 6.73. The number of thiazole rings is 1. The molecule has 1 saturated heterocycles. The van der Waals surface area contributed by atoms with Crippen LogP contribution in [0.25, 0.3) is 0 Å². The molecule has 1 atom stereocenters. The smallest absolute Gasteiger partial charge is 0.0794 e. The number of hydrogen-bond donors (Lipinski definition) is 1. The predicted molar refractivity (Wildman–Crippen MR) is 114 cm³/mol. The summed E-state index contributed by atoms with van der Waals surface area (Å²) in [6.07, 6.45) is 2.01. The first-order valence-corrected chi connectivity index (χ1v) is 9.62. The summed E-state index contributed by atoms with van der Waals surface area (Å²) in [5.41, 5.74) is 4.65. The summed E-state index contributed by atoms with van der Waals surface area (Å²) in [4.78, 5) is 10.5.